The predicted octanol–water partition coefficient (Wildman–Crippen LogP) is 1.30. The summed E-state index contributed by atoms with van der Waals surface area (Å²) in [6.07, 6.45) is 3.69. The molecule has 0 atom stereocenters. The molecule has 8 heavy (non-hydrogen) atoms. The molecule has 0 fully saturated rings. The molecule has 1 aliphatic heterocycles. The average Bonchev–Trinajstić information content (AvgIpc) is 1.87. The van der Waals surface area contributed by atoms with Gasteiger partial charge in [-0.05, 0) is 0 Å². The van der Waals surface area contributed by atoms with Crippen LogP contribution in [0.4, 0.5) is 0 Å². The van der Waals surface area contributed by atoms with Gasteiger partial charge < -0.3 is 8.61 Å². The second kappa shape index (κ2) is 3.53. The summed E-state index contributed by atoms with van der Waals surface area (Å²) in [4.78, 5) is 0. The molecule has 0 spiro atoms. The van der Waals surface area contributed by atoms with Crippen molar-refractivity contribution < 1.29 is 0 Å². The van der Waals surface area contributed by atoms with Crippen LogP contribution in [0.25, 0.3) is 0 Å². The fourth-order valence-corrected chi connectivity index (χ4v) is 0.888. The lowest BCUT2D eigenvalue weighted by atomic mass is 11.0. The van der Waals surface area contributed by atoms with Crippen molar-refractivity contribution in [2.75, 3.05) is 6.67 Å². The van der Waals surface area contributed by atoms with Crippen molar-refractivity contribution in [2.45, 2.75) is 0 Å². The second-order valence-corrected chi connectivity index (χ2v) is 2.35. The first kappa shape index (κ1) is 8.52. The van der Waals surface area contributed by atoms with E-state index in [1.807, 2.05) is 12.4 Å². The standard InChI is InChI=1S/C3H6N2S2.BrH/c6-4-1-2-5(7)3-4;/h1-2,6-7H,3H2;1H. The van der Waals surface area contributed by atoms with E-state index in [9.17, 15) is 0 Å². The van der Waals surface area contributed by atoms with Gasteiger partial charge in [0.05, 0.1) is 0 Å². The molecule has 0 unspecified atom stereocenters. The highest BCUT2D eigenvalue weighted by Crippen LogP contribution is 2.08. The SMILES string of the molecule is Br.SN1C=CN(S)C1. The topological polar surface area (TPSA) is 6.48 Å². The van der Waals surface area contributed by atoms with Gasteiger partial charge in [0.1, 0.15) is 6.67 Å². The van der Waals surface area contributed by atoms with E-state index in [4.69, 9.17) is 0 Å². The van der Waals surface area contributed by atoms with E-state index in [2.05, 4.69) is 25.6 Å². The monoisotopic (exact) mass is 214 g/mol. The third-order valence-corrected chi connectivity index (χ3v) is 1.22. The summed E-state index contributed by atoms with van der Waals surface area (Å²) < 4.78 is 3.49. The van der Waals surface area contributed by atoms with E-state index >= 15 is 0 Å². The molecule has 0 N–H and O–H groups in total. The van der Waals surface area contributed by atoms with Crippen molar-refractivity contribution in [2.24, 2.45) is 0 Å². The van der Waals surface area contributed by atoms with Crippen LogP contribution < -0.4 is 0 Å². The molecular weight excluding hydrogens is 208 g/mol. The smallest absolute Gasteiger partial charge is 0.110 e. The lowest BCUT2D eigenvalue weighted by Gasteiger charge is -2.07. The molecule has 0 saturated carbocycles. The van der Waals surface area contributed by atoms with Crippen LogP contribution in [0.3, 0.4) is 0 Å². The number of thiol groups is 2. The van der Waals surface area contributed by atoms with Crippen LogP contribution in [0.1, 0.15) is 0 Å². The Morgan fingerprint density at radius 1 is 1.12 bits per heavy atom. The van der Waals surface area contributed by atoms with Crippen molar-refractivity contribution in [1.29, 1.82) is 0 Å². The van der Waals surface area contributed by atoms with Gasteiger partial charge in [-0.25, -0.2) is 0 Å². The van der Waals surface area contributed by atoms with Gasteiger partial charge in [-0.2, -0.15) is 0 Å². The van der Waals surface area contributed by atoms with Gasteiger partial charge in [0.2, 0.25) is 0 Å². The number of hydrogen-bond acceptors (Lipinski definition) is 4. The molecule has 5 heteroatoms. The van der Waals surface area contributed by atoms with E-state index in [-0.39, 0.29) is 17.0 Å². The summed E-state index contributed by atoms with van der Waals surface area (Å²) in [5, 5.41) is 0. The van der Waals surface area contributed by atoms with Crippen LogP contribution in [0.2, 0.25) is 0 Å². The lowest BCUT2D eigenvalue weighted by molar-refractivity contribution is 0.529. The van der Waals surface area contributed by atoms with Crippen molar-refractivity contribution in [3.05, 3.63) is 12.4 Å². The second-order valence-electron chi connectivity index (χ2n) is 1.32. The molecular formula is C3H7BrN2S2. The molecule has 1 rings (SSSR count). The molecule has 1 aliphatic rings. The summed E-state index contributed by atoms with van der Waals surface area (Å²) in [5.74, 6) is 0. The van der Waals surface area contributed by atoms with Crippen molar-refractivity contribution in [3.8, 4) is 0 Å². The Hall–Kier alpha value is 0.520. The maximum Gasteiger partial charge on any atom is 0.110 e. The van der Waals surface area contributed by atoms with Crippen molar-refractivity contribution >= 4 is 42.6 Å². The molecule has 0 aliphatic carbocycles. The summed E-state index contributed by atoms with van der Waals surface area (Å²) in [6, 6.07) is 0. The van der Waals surface area contributed by atoms with Gasteiger partial charge >= 0.3 is 0 Å². The van der Waals surface area contributed by atoms with Crippen LogP contribution in [-0.4, -0.2) is 15.3 Å². The third kappa shape index (κ3) is 2.19. The van der Waals surface area contributed by atoms with Crippen molar-refractivity contribution in [1.82, 2.24) is 8.61 Å². The minimum atomic E-state index is 0. The number of hydrogen-bond donors (Lipinski definition) is 2. The third-order valence-electron chi connectivity index (χ3n) is 0.701. The Balaban J connectivity index is 0.000000490. The molecule has 0 bridgehead atoms. The summed E-state index contributed by atoms with van der Waals surface area (Å²) in [6.45, 7) is 0.756. The normalized spacial score (nSPS) is 16.8. The van der Waals surface area contributed by atoms with E-state index in [0.717, 1.165) is 6.67 Å². The highest BCUT2D eigenvalue weighted by molar-refractivity contribution is 8.93. The van der Waals surface area contributed by atoms with E-state index in [1.54, 1.807) is 8.61 Å². The van der Waals surface area contributed by atoms with Crippen molar-refractivity contribution in [3.63, 3.8) is 0 Å². The Kier molecular flexibility index (Phi) is 3.76. The first-order chi connectivity index (χ1) is 3.29. The molecule has 1 heterocycles. The average molecular weight is 215 g/mol. The minimum Gasteiger partial charge on any atom is -0.304 e. The zero-order valence-corrected chi connectivity index (χ0v) is 7.56. The largest absolute Gasteiger partial charge is 0.304 e. The molecule has 0 saturated heterocycles. The first-order valence-corrected chi connectivity index (χ1v) is 2.68. The number of halogens is 1. The Morgan fingerprint density at radius 2 is 1.50 bits per heavy atom. The Bertz CT molecular complexity index is 87.3. The fourth-order valence-electron chi connectivity index (χ4n) is 0.397. The zero-order valence-electron chi connectivity index (χ0n) is 4.06. The quantitative estimate of drug-likeness (QED) is 0.588. The number of rotatable bonds is 0. The maximum atomic E-state index is 4.01. The predicted molar refractivity (Wildman–Crippen MR) is 46.0 cm³/mol. The van der Waals surface area contributed by atoms with Crippen LogP contribution >= 0.6 is 42.6 Å². The minimum absolute atomic E-state index is 0. The van der Waals surface area contributed by atoms with E-state index in [1.165, 1.54) is 0 Å². The molecule has 0 radical (unpaired) electrons. The van der Waals surface area contributed by atoms with Crippen LogP contribution in [0, 0.1) is 0 Å². The highest BCUT2D eigenvalue weighted by Gasteiger charge is 2.02. The fraction of sp³-hybridized carbons (Fsp3) is 0.333. The maximum absolute atomic E-state index is 4.01. The van der Waals surface area contributed by atoms with Gasteiger partial charge in [-0.1, -0.05) is 25.6 Å². The van der Waals surface area contributed by atoms with Crippen LogP contribution in [-0.2, 0) is 0 Å². The van der Waals surface area contributed by atoms with E-state index < -0.39 is 0 Å². The van der Waals surface area contributed by atoms with Gasteiger partial charge in [-0.15, -0.1) is 17.0 Å². The zero-order chi connectivity index (χ0) is 5.28. The molecule has 0 amide bonds. The summed E-state index contributed by atoms with van der Waals surface area (Å²) >= 11 is 8.02. The Labute approximate surface area is 70.4 Å². The van der Waals surface area contributed by atoms with Crippen LogP contribution in [0.15, 0.2) is 12.4 Å². The summed E-state index contributed by atoms with van der Waals surface area (Å²) in [7, 11) is 0. The highest BCUT2D eigenvalue weighted by atomic mass is 79.9. The lowest BCUT2D eigenvalue weighted by Crippen LogP contribution is -2.09. The van der Waals surface area contributed by atoms with Gasteiger partial charge in [0.25, 0.3) is 0 Å². The van der Waals surface area contributed by atoms with Crippen LogP contribution in [0.5, 0.6) is 0 Å². The molecule has 0 aromatic rings. The Morgan fingerprint density at radius 3 is 1.62 bits per heavy atom. The first-order valence-electron chi connectivity index (χ1n) is 1.88. The molecule has 0 aromatic heterocycles. The van der Waals surface area contributed by atoms with Gasteiger partial charge in [0, 0.05) is 12.4 Å². The molecule has 2 nitrogen and oxygen atoms in total. The van der Waals surface area contributed by atoms with Gasteiger partial charge in [0.15, 0.2) is 0 Å². The van der Waals surface area contributed by atoms with Gasteiger partial charge in [-0.3, -0.25) is 0 Å². The summed E-state index contributed by atoms with van der Waals surface area (Å²) in [5.41, 5.74) is 0. The molecule has 0 aromatic carbocycles. The number of nitrogens with zero attached hydrogens (tertiary/aromatic N) is 2. The molecule has 48 valence electrons. The van der Waals surface area contributed by atoms with E-state index in [0.29, 0.717) is 0 Å².